The van der Waals surface area contributed by atoms with E-state index in [0.717, 1.165) is 24.9 Å². The van der Waals surface area contributed by atoms with Crippen LogP contribution in [0.4, 0.5) is 0 Å². The molecule has 1 aliphatic rings. The molecule has 1 atom stereocenters. The SMILES string of the molecule is COc1cc(C(=O)N2CCC[C@@H](N)C2)cc(OC)c1C. The predicted molar refractivity (Wildman–Crippen MR) is 77.4 cm³/mol. The normalized spacial score (nSPS) is 18.8. The van der Waals surface area contributed by atoms with Crippen molar-refractivity contribution in [2.45, 2.75) is 25.8 Å². The first-order valence-electron chi connectivity index (χ1n) is 6.84. The second-order valence-electron chi connectivity index (χ2n) is 5.16. The summed E-state index contributed by atoms with van der Waals surface area (Å²) in [4.78, 5) is 14.4. The van der Waals surface area contributed by atoms with Gasteiger partial charge >= 0.3 is 0 Å². The van der Waals surface area contributed by atoms with Crippen LogP contribution in [-0.4, -0.2) is 44.2 Å². The van der Waals surface area contributed by atoms with Gasteiger partial charge in [-0.3, -0.25) is 4.79 Å². The van der Waals surface area contributed by atoms with E-state index in [2.05, 4.69) is 0 Å². The van der Waals surface area contributed by atoms with Crippen LogP contribution in [0.15, 0.2) is 12.1 Å². The van der Waals surface area contributed by atoms with Crippen LogP contribution in [0.25, 0.3) is 0 Å². The average Bonchev–Trinajstić information content (AvgIpc) is 2.46. The number of likely N-dealkylation sites (tertiary alicyclic amines) is 1. The fourth-order valence-electron chi connectivity index (χ4n) is 2.59. The number of carbonyl (C=O) groups is 1. The van der Waals surface area contributed by atoms with Gasteiger partial charge in [-0.05, 0) is 31.9 Å². The first-order chi connectivity index (χ1) is 9.56. The highest BCUT2D eigenvalue weighted by Gasteiger charge is 2.23. The van der Waals surface area contributed by atoms with Gasteiger partial charge in [0.15, 0.2) is 0 Å². The number of hydrogen-bond donors (Lipinski definition) is 1. The van der Waals surface area contributed by atoms with Gasteiger partial charge in [-0.2, -0.15) is 0 Å². The van der Waals surface area contributed by atoms with Crippen LogP contribution in [0.3, 0.4) is 0 Å². The number of hydrogen-bond acceptors (Lipinski definition) is 4. The van der Waals surface area contributed by atoms with Crippen molar-refractivity contribution >= 4 is 5.91 Å². The zero-order valence-corrected chi connectivity index (χ0v) is 12.3. The maximum atomic E-state index is 12.6. The Labute approximate surface area is 119 Å². The lowest BCUT2D eigenvalue weighted by Gasteiger charge is -2.31. The molecule has 0 bridgehead atoms. The number of methoxy groups -OCH3 is 2. The van der Waals surface area contributed by atoms with Crippen molar-refractivity contribution in [3.63, 3.8) is 0 Å². The third-order valence-corrected chi connectivity index (χ3v) is 3.74. The monoisotopic (exact) mass is 278 g/mol. The number of ether oxygens (including phenoxy) is 2. The molecule has 110 valence electrons. The van der Waals surface area contributed by atoms with Crippen LogP contribution in [0, 0.1) is 6.92 Å². The largest absolute Gasteiger partial charge is 0.496 e. The summed E-state index contributed by atoms with van der Waals surface area (Å²) >= 11 is 0. The third kappa shape index (κ3) is 2.88. The molecule has 5 nitrogen and oxygen atoms in total. The summed E-state index contributed by atoms with van der Waals surface area (Å²) in [7, 11) is 3.18. The van der Waals surface area contributed by atoms with Crippen molar-refractivity contribution < 1.29 is 14.3 Å². The number of benzene rings is 1. The van der Waals surface area contributed by atoms with Crippen LogP contribution >= 0.6 is 0 Å². The Morgan fingerprint density at radius 3 is 2.40 bits per heavy atom. The van der Waals surface area contributed by atoms with Gasteiger partial charge in [0.2, 0.25) is 0 Å². The molecular formula is C15H22N2O3. The van der Waals surface area contributed by atoms with Gasteiger partial charge in [-0.25, -0.2) is 0 Å². The van der Waals surface area contributed by atoms with Crippen molar-refractivity contribution in [1.82, 2.24) is 4.90 Å². The number of rotatable bonds is 3. The number of nitrogens with zero attached hydrogens (tertiary/aromatic N) is 1. The van der Waals surface area contributed by atoms with Crippen LogP contribution in [0.1, 0.15) is 28.8 Å². The van der Waals surface area contributed by atoms with E-state index in [4.69, 9.17) is 15.2 Å². The summed E-state index contributed by atoms with van der Waals surface area (Å²) in [6.07, 6.45) is 1.93. The summed E-state index contributed by atoms with van der Waals surface area (Å²) in [6.45, 7) is 3.27. The first kappa shape index (κ1) is 14.7. The summed E-state index contributed by atoms with van der Waals surface area (Å²) in [5.74, 6) is 1.31. The molecule has 0 aliphatic carbocycles. The van der Waals surface area contributed by atoms with E-state index >= 15 is 0 Å². The van der Waals surface area contributed by atoms with Crippen molar-refractivity contribution in [1.29, 1.82) is 0 Å². The molecular weight excluding hydrogens is 256 g/mol. The van der Waals surface area contributed by atoms with Crippen molar-refractivity contribution in [3.8, 4) is 11.5 Å². The van der Waals surface area contributed by atoms with Crippen molar-refractivity contribution in [2.75, 3.05) is 27.3 Å². The van der Waals surface area contributed by atoms with E-state index in [9.17, 15) is 4.79 Å². The molecule has 2 N–H and O–H groups in total. The number of amides is 1. The highest BCUT2D eigenvalue weighted by Crippen LogP contribution is 2.30. The van der Waals surface area contributed by atoms with Crippen molar-refractivity contribution in [3.05, 3.63) is 23.3 Å². The molecule has 1 aliphatic heterocycles. The highest BCUT2D eigenvalue weighted by atomic mass is 16.5. The highest BCUT2D eigenvalue weighted by molar-refractivity contribution is 5.95. The molecule has 20 heavy (non-hydrogen) atoms. The Bertz CT molecular complexity index is 477. The number of nitrogens with two attached hydrogens (primary N) is 1. The van der Waals surface area contributed by atoms with E-state index in [1.807, 2.05) is 6.92 Å². The van der Waals surface area contributed by atoms with E-state index in [0.29, 0.717) is 23.6 Å². The summed E-state index contributed by atoms with van der Waals surface area (Å²) in [5.41, 5.74) is 7.41. The molecule has 0 saturated carbocycles. The minimum Gasteiger partial charge on any atom is -0.496 e. The van der Waals surface area contributed by atoms with Gasteiger partial charge in [-0.15, -0.1) is 0 Å². The molecule has 0 spiro atoms. The van der Waals surface area contributed by atoms with Gasteiger partial charge in [-0.1, -0.05) is 0 Å². The first-order valence-corrected chi connectivity index (χ1v) is 6.84. The zero-order valence-electron chi connectivity index (χ0n) is 12.3. The lowest BCUT2D eigenvalue weighted by Crippen LogP contribution is -2.45. The molecule has 0 radical (unpaired) electrons. The fraction of sp³-hybridized carbons (Fsp3) is 0.533. The van der Waals surface area contributed by atoms with Crippen LogP contribution in [0.5, 0.6) is 11.5 Å². The van der Waals surface area contributed by atoms with Crippen LogP contribution < -0.4 is 15.2 Å². The van der Waals surface area contributed by atoms with Gasteiger partial charge in [0, 0.05) is 30.3 Å². The Kier molecular flexibility index (Phi) is 4.49. The van der Waals surface area contributed by atoms with Gasteiger partial charge in [0.25, 0.3) is 5.91 Å². The summed E-state index contributed by atoms with van der Waals surface area (Å²) in [5, 5.41) is 0. The number of piperidine rings is 1. The average molecular weight is 278 g/mol. The molecule has 0 unspecified atom stereocenters. The molecule has 1 saturated heterocycles. The van der Waals surface area contributed by atoms with E-state index in [-0.39, 0.29) is 11.9 Å². The van der Waals surface area contributed by atoms with Crippen LogP contribution in [0.2, 0.25) is 0 Å². The van der Waals surface area contributed by atoms with Gasteiger partial charge in [0.05, 0.1) is 14.2 Å². The molecule has 1 aromatic carbocycles. The lowest BCUT2D eigenvalue weighted by molar-refractivity contribution is 0.0708. The predicted octanol–water partition coefficient (Wildman–Crippen LogP) is 1.58. The molecule has 5 heteroatoms. The minimum absolute atomic E-state index is 0.0169. The number of carbonyl (C=O) groups excluding carboxylic acids is 1. The third-order valence-electron chi connectivity index (χ3n) is 3.74. The zero-order chi connectivity index (χ0) is 14.7. The van der Waals surface area contributed by atoms with Gasteiger partial charge in [0.1, 0.15) is 11.5 Å². The maximum absolute atomic E-state index is 12.6. The van der Waals surface area contributed by atoms with E-state index < -0.39 is 0 Å². The fourth-order valence-corrected chi connectivity index (χ4v) is 2.59. The molecule has 2 rings (SSSR count). The Morgan fingerprint density at radius 1 is 1.30 bits per heavy atom. The molecule has 1 heterocycles. The smallest absolute Gasteiger partial charge is 0.254 e. The second kappa shape index (κ2) is 6.13. The molecule has 1 amide bonds. The van der Waals surface area contributed by atoms with Gasteiger partial charge < -0.3 is 20.1 Å². The molecule has 1 aromatic rings. The van der Waals surface area contributed by atoms with E-state index in [1.165, 1.54) is 0 Å². The minimum atomic E-state index is -0.0169. The lowest BCUT2D eigenvalue weighted by atomic mass is 10.0. The topological polar surface area (TPSA) is 64.8 Å². The van der Waals surface area contributed by atoms with Crippen molar-refractivity contribution in [2.24, 2.45) is 5.73 Å². The maximum Gasteiger partial charge on any atom is 0.254 e. The summed E-state index contributed by atoms with van der Waals surface area (Å²) in [6, 6.07) is 3.60. The second-order valence-corrected chi connectivity index (χ2v) is 5.16. The summed E-state index contributed by atoms with van der Waals surface area (Å²) < 4.78 is 10.6. The Morgan fingerprint density at radius 2 is 1.90 bits per heavy atom. The standard InChI is InChI=1S/C15H22N2O3/c1-10-13(19-2)7-11(8-14(10)20-3)15(18)17-6-4-5-12(16)9-17/h7-8,12H,4-6,9,16H2,1-3H3/t12-/m1/s1. The Hall–Kier alpha value is -1.75. The van der Waals surface area contributed by atoms with E-state index in [1.54, 1.807) is 31.3 Å². The Balaban J connectivity index is 2.29. The quantitative estimate of drug-likeness (QED) is 0.911. The molecule has 0 aromatic heterocycles. The van der Waals surface area contributed by atoms with Crippen LogP contribution in [-0.2, 0) is 0 Å². The molecule has 1 fully saturated rings.